The third-order valence-corrected chi connectivity index (χ3v) is 4.62. The molecule has 1 heterocycles. The van der Waals surface area contributed by atoms with Crippen molar-refractivity contribution in [2.45, 2.75) is 0 Å². The molecule has 3 nitrogen and oxygen atoms in total. The van der Waals surface area contributed by atoms with Gasteiger partial charge in [-0.25, -0.2) is 9.37 Å². The van der Waals surface area contributed by atoms with Gasteiger partial charge >= 0.3 is 0 Å². The molecule has 1 N–H and O–H groups in total. The van der Waals surface area contributed by atoms with E-state index < -0.39 is 0 Å². The average molecular weight is 367 g/mol. The van der Waals surface area contributed by atoms with Crippen molar-refractivity contribution in [2.24, 2.45) is 0 Å². The molecule has 0 radical (unpaired) electrons. The number of nitrogens with zero attached hydrogens (tertiary/aromatic N) is 1. The van der Waals surface area contributed by atoms with Crippen molar-refractivity contribution in [3.63, 3.8) is 0 Å². The molecule has 0 aliphatic rings. The second-order valence-corrected chi connectivity index (χ2v) is 6.47. The summed E-state index contributed by atoms with van der Waals surface area (Å²) in [5.41, 5.74) is 1.39. The molecule has 7 heteroatoms. The van der Waals surface area contributed by atoms with Gasteiger partial charge in [0.15, 0.2) is 5.13 Å². The van der Waals surface area contributed by atoms with Gasteiger partial charge in [0.2, 0.25) is 5.91 Å². The minimum atomic E-state index is -0.337. The molecule has 0 spiro atoms. The van der Waals surface area contributed by atoms with E-state index in [4.69, 9.17) is 23.2 Å². The number of aromatic nitrogens is 1. The largest absolute Gasteiger partial charge is 0.298 e. The van der Waals surface area contributed by atoms with Gasteiger partial charge in [-0.2, -0.15) is 0 Å². The molecule has 0 unspecified atom stereocenters. The molecule has 0 bridgehead atoms. The van der Waals surface area contributed by atoms with Crippen molar-refractivity contribution >= 4 is 61.9 Å². The number of carbonyl (C=O) groups excluding carboxylic acids is 1. The quantitative estimate of drug-likeness (QED) is 0.631. The molecule has 0 aliphatic heterocycles. The molecule has 0 saturated heterocycles. The van der Waals surface area contributed by atoms with Gasteiger partial charge in [0.25, 0.3) is 0 Å². The number of hydrogen-bond acceptors (Lipinski definition) is 3. The van der Waals surface area contributed by atoms with Gasteiger partial charge in [-0.3, -0.25) is 10.1 Å². The van der Waals surface area contributed by atoms with E-state index in [2.05, 4.69) is 10.3 Å². The van der Waals surface area contributed by atoms with Gasteiger partial charge in [0.1, 0.15) is 5.82 Å². The zero-order valence-electron chi connectivity index (χ0n) is 11.5. The lowest BCUT2D eigenvalue weighted by atomic mass is 10.2. The van der Waals surface area contributed by atoms with E-state index in [0.717, 1.165) is 5.56 Å². The number of fused-ring (bicyclic) bond motifs is 1. The number of hydrogen-bond donors (Lipinski definition) is 1. The topological polar surface area (TPSA) is 42.0 Å². The first kappa shape index (κ1) is 15.9. The van der Waals surface area contributed by atoms with Crippen molar-refractivity contribution in [3.05, 3.63) is 63.9 Å². The molecular weight excluding hydrogens is 358 g/mol. The predicted octanol–water partition coefficient (Wildman–Crippen LogP) is 5.39. The van der Waals surface area contributed by atoms with Gasteiger partial charge in [-0.1, -0.05) is 40.6 Å². The Morgan fingerprint density at radius 2 is 2.00 bits per heavy atom. The summed E-state index contributed by atoms with van der Waals surface area (Å²) in [6.07, 6.45) is 2.98. The molecule has 23 heavy (non-hydrogen) atoms. The lowest BCUT2D eigenvalue weighted by molar-refractivity contribution is -0.111. The second-order valence-electron chi connectivity index (χ2n) is 4.63. The molecule has 1 aromatic heterocycles. The van der Waals surface area contributed by atoms with Gasteiger partial charge < -0.3 is 0 Å². The van der Waals surface area contributed by atoms with Crippen LogP contribution in [-0.4, -0.2) is 10.9 Å². The highest BCUT2D eigenvalue weighted by molar-refractivity contribution is 7.22. The van der Waals surface area contributed by atoms with E-state index in [1.807, 2.05) is 0 Å². The number of benzene rings is 2. The molecule has 0 atom stereocenters. The monoisotopic (exact) mass is 366 g/mol. The highest BCUT2D eigenvalue weighted by Crippen LogP contribution is 2.26. The Labute approximate surface area is 145 Å². The minimum absolute atomic E-state index is 0.335. The van der Waals surface area contributed by atoms with E-state index in [1.165, 1.54) is 29.5 Å². The molecule has 1 amide bonds. The summed E-state index contributed by atoms with van der Waals surface area (Å²) in [6.45, 7) is 0. The fourth-order valence-electron chi connectivity index (χ4n) is 1.89. The molecular formula is C16H9Cl2FN2OS. The van der Waals surface area contributed by atoms with Crippen molar-refractivity contribution in [1.82, 2.24) is 4.98 Å². The number of halogens is 3. The molecule has 0 aliphatic carbocycles. The Bertz CT molecular complexity index is 924. The van der Waals surface area contributed by atoms with Crippen LogP contribution >= 0.6 is 34.5 Å². The highest BCUT2D eigenvalue weighted by Gasteiger charge is 2.06. The maximum Gasteiger partial charge on any atom is 0.250 e. The first-order valence-electron chi connectivity index (χ1n) is 6.51. The normalized spacial score (nSPS) is 11.3. The van der Waals surface area contributed by atoms with Crippen LogP contribution in [0.1, 0.15) is 5.56 Å². The van der Waals surface area contributed by atoms with Crippen LogP contribution in [0.5, 0.6) is 0 Å². The number of rotatable bonds is 3. The predicted molar refractivity (Wildman–Crippen MR) is 93.7 cm³/mol. The van der Waals surface area contributed by atoms with Crippen LogP contribution in [0.25, 0.3) is 16.3 Å². The molecule has 0 fully saturated rings. The summed E-state index contributed by atoms with van der Waals surface area (Å²) >= 11 is 13.0. The van der Waals surface area contributed by atoms with Crippen molar-refractivity contribution in [3.8, 4) is 0 Å². The summed E-state index contributed by atoms with van der Waals surface area (Å²) in [6, 6.07) is 9.35. The zero-order valence-corrected chi connectivity index (χ0v) is 13.8. The second kappa shape index (κ2) is 6.66. The van der Waals surface area contributed by atoms with Gasteiger partial charge in [-0.15, -0.1) is 0 Å². The Hall–Kier alpha value is -1.95. The molecule has 3 rings (SSSR count). The fourth-order valence-corrected chi connectivity index (χ4v) is 3.09. The van der Waals surface area contributed by atoms with Crippen LogP contribution in [0.4, 0.5) is 9.52 Å². The Balaban J connectivity index is 1.72. The summed E-state index contributed by atoms with van der Waals surface area (Å²) < 4.78 is 13.8. The van der Waals surface area contributed by atoms with Gasteiger partial charge in [0.05, 0.1) is 20.3 Å². The number of thiazole rings is 1. The average Bonchev–Trinajstić information content (AvgIpc) is 2.89. The van der Waals surface area contributed by atoms with Gasteiger partial charge in [-0.05, 0) is 42.0 Å². The number of amides is 1. The van der Waals surface area contributed by atoms with E-state index in [9.17, 15) is 9.18 Å². The van der Waals surface area contributed by atoms with Crippen molar-refractivity contribution < 1.29 is 9.18 Å². The van der Waals surface area contributed by atoms with E-state index in [-0.39, 0.29) is 11.7 Å². The Kier molecular flexibility index (Phi) is 4.61. The molecule has 116 valence electrons. The number of carbonyl (C=O) groups is 1. The van der Waals surface area contributed by atoms with Gasteiger partial charge in [0, 0.05) is 6.08 Å². The lowest BCUT2D eigenvalue weighted by Gasteiger charge is -1.98. The highest BCUT2D eigenvalue weighted by atomic mass is 35.5. The zero-order chi connectivity index (χ0) is 16.4. The van der Waals surface area contributed by atoms with Crippen molar-refractivity contribution in [2.75, 3.05) is 5.32 Å². The molecule has 3 aromatic rings. The van der Waals surface area contributed by atoms with Crippen LogP contribution in [-0.2, 0) is 4.79 Å². The summed E-state index contributed by atoms with van der Waals surface area (Å²) in [5, 5.41) is 3.93. The summed E-state index contributed by atoms with van der Waals surface area (Å²) in [4.78, 5) is 16.1. The van der Waals surface area contributed by atoms with Crippen LogP contribution in [0.3, 0.4) is 0 Å². The fraction of sp³-hybridized carbons (Fsp3) is 0. The maximum absolute atomic E-state index is 13.1. The smallest absolute Gasteiger partial charge is 0.250 e. The maximum atomic E-state index is 13.1. The molecule has 2 aromatic carbocycles. The van der Waals surface area contributed by atoms with E-state index >= 15 is 0 Å². The van der Waals surface area contributed by atoms with Crippen LogP contribution < -0.4 is 5.32 Å². The van der Waals surface area contributed by atoms with E-state index in [1.54, 1.807) is 30.3 Å². The SMILES string of the molecule is O=C(/C=C/c1ccc(Cl)c(Cl)c1)Nc1nc2ccc(F)cc2s1. The van der Waals surface area contributed by atoms with Crippen molar-refractivity contribution in [1.29, 1.82) is 0 Å². The third-order valence-electron chi connectivity index (χ3n) is 2.95. The summed E-state index contributed by atoms with van der Waals surface area (Å²) in [7, 11) is 0. The first-order chi connectivity index (χ1) is 11.0. The van der Waals surface area contributed by atoms with Crippen LogP contribution in [0.2, 0.25) is 10.0 Å². The number of nitrogens with one attached hydrogen (secondary N) is 1. The number of anilines is 1. The lowest BCUT2D eigenvalue weighted by Crippen LogP contribution is -2.07. The van der Waals surface area contributed by atoms with E-state index in [0.29, 0.717) is 25.4 Å². The third kappa shape index (κ3) is 3.88. The minimum Gasteiger partial charge on any atom is -0.298 e. The Morgan fingerprint density at radius 3 is 2.78 bits per heavy atom. The Morgan fingerprint density at radius 1 is 1.17 bits per heavy atom. The van der Waals surface area contributed by atoms with Crippen LogP contribution in [0, 0.1) is 5.82 Å². The standard InChI is InChI=1S/C16H9Cl2FN2OS/c17-11-4-1-9(7-12(11)18)2-6-15(22)21-16-20-13-5-3-10(19)8-14(13)23-16/h1-8H,(H,20,21,22)/b6-2+. The van der Waals surface area contributed by atoms with Crippen LogP contribution in [0.15, 0.2) is 42.5 Å². The first-order valence-corrected chi connectivity index (χ1v) is 8.09. The molecule has 0 saturated carbocycles. The summed E-state index contributed by atoms with van der Waals surface area (Å²) in [5.74, 6) is -0.672.